The fourth-order valence-electron chi connectivity index (χ4n) is 1.86. The van der Waals surface area contributed by atoms with E-state index in [-0.39, 0.29) is 5.84 Å². The van der Waals surface area contributed by atoms with Crippen molar-refractivity contribution in [2.75, 3.05) is 32.8 Å². The monoisotopic (exact) mass is 215 g/mol. The van der Waals surface area contributed by atoms with E-state index in [0.29, 0.717) is 12.5 Å². The Morgan fingerprint density at radius 1 is 1.53 bits per heavy atom. The van der Waals surface area contributed by atoms with Crippen molar-refractivity contribution in [1.29, 1.82) is 0 Å². The van der Waals surface area contributed by atoms with Gasteiger partial charge in [-0.25, -0.2) is 0 Å². The Balaban J connectivity index is 2.31. The molecule has 0 aromatic rings. The molecule has 5 heteroatoms. The Bertz CT molecular complexity index is 203. The predicted octanol–water partition coefficient (Wildman–Crippen LogP) is 0.481. The van der Waals surface area contributed by atoms with Crippen LogP contribution >= 0.6 is 0 Å². The molecule has 3 N–H and O–H groups in total. The van der Waals surface area contributed by atoms with Crippen LogP contribution in [0, 0.1) is 5.92 Å². The van der Waals surface area contributed by atoms with Gasteiger partial charge in [-0.05, 0) is 25.3 Å². The highest BCUT2D eigenvalue weighted by Crippen LogP contribution is 2.15. The van der Waals surface area contributed by atoms with E-state index in [0.717, 1.165) is 39.1 Å². The average Bonchev–Trinajstić information content (AvgIpc) is 2.29. The molecular weight excluding hydrogens is 194 g/mol. The Hall–Kier alpha value is -0.810. The summed E-state index contributed by atoms with van der Waals surface area (Å²) in [6.45, 7) is 6.30. The summed E-state index contributed by atoms with van der Waals surface area (Å²) in [5, 5.41) is 11.5. The zero-order valence-electron chi connectivity index (χ0n) is 9.35. The third kappa shape index (κ3) is 4.48. The van der Waals surface area contributed by atoms with Gasteiger partial charge in [0.2, 0.25) is 0 Å². The maximum absolute atomic E-state index is 8.50. The van der Waals surface area contributed by atoms with Crippen molar-refractivity contribution in [3.05, 3.63) is 0 Å². The molecule has 1 rings (SSSR count). The lowest BCUT2D eigenvalue weighted by atomic mass is 10.00. The van der Waals surface area contributed by atoms with Crippen LogP contribution in [0.25, 0.3) is 0 Å². The van der Waals surface area contributed by atoms with Crippen molar-refractivity contribution in [1.82, 2.24) is 4.90 Å². The molecule has 1 saturated heterocycles. The molecule has 0 radical (unpaired) electrons. The number of oxime groups is 1. The van der Waals surface area contributed by atoms with Crippen molar-refractivity contribution in [3.8, 4) is 0 Å². The van der Waals surface area contributed by atoms with Crippen LogP contribution in [0.4, 0.5) is 0 Å². The topological polar surface area (TPSA) is 71.1 Å². The van der Waals surface area contributed by atoms with E-state index in [2.05, 4.69) is 17.0 Å². The zero-order chi connectivity index (χ0) is 11.1. The van der Waals surface area contributed by atoms with Crippen molar-refractivity contribution in [3.63, 3.8) is 0 Å². The maximum Gasteiger partial charge on any atom is 0.153 e. The SMILES string of the molecule is CCN(CC(N)=NO)CC1CCOCC1. The summed E-state index contributed by atoms with van der Waals surface area (Å²) >= 11 is 0. The van der Waals surface area contributed by atoms with Gasteiger partial charge in [-0.3, -0.25) is 4.90 Å². The molecule has 0 aliphatic carbocycles. The first-order valence-electron chi connectivity index (χ1n) is 5.52. The van der Waals surface area contributed by atoms with Crippen LogP contribution < -0.4 is 5.73 Å². The van der Waals surface area contributed by atoms with E-state index in [1.165, 1.54) is 0 Å². The molecule has 0 atom stereocenters. The number of nitrogens with zero attached hydrogens (tertiary/aromatic N) is 2. The first kappa shape index (κ1) is 12.3. The summed E-state index contributed by atoms with van der Waals surface area (Å²) in [6, 6.07) is 0. The fraction of sp³-hybridized carbons (Fsp3) is 0.900. The van der Waals surface area contributed by atoms with Gasteiger partial charge in [-0.15, -0.1) is 0 Å². The van der Waals surface area contributed by atoms with Crippen molar-refractivity contribution in [2.24, 2.45) is 16.8 Å². The lowest BCUT2D eigenvalue weighted by molar-refractivity contribution is 0.0550. The standard InChI is InChI=1S/C10H21N3O2/c1-2-13(8-10(11)12-14)7-9-3-5-15-6-4-9/h9,14H,2-8H2,1H3,(H2,11,12). The minimum Gasteiger partial charge on any atom is -0.409 e. The second-order valence-corrected chi connectivity index (χ2v) is 3.97. The number of rotatable bonds is 5. The zero-order valence-corrected chi connectivity index (χ0v) is 9.35. The van der Waals surface area contributed by atoms with Gasteiger partial charge in [-0.2, -0.15) is 0 Å². The smallest absolute Gasteiger partial charge is 0.153 e. The summed E-state index contributed by atoms with van der Waals surface area (Å²) in [6.07, 6.45) is 2.24. The van der Waals surface area contributed by atoms with Crippen molar-refractivity contribution in [2.45, 2.75) is 19.8 Å². The predicted molar refractivity (Wildman–Crippen MR) is 59.1 cm³/mol. The molecule has 0 aromatic carbocycles. The van der Waals surface area contributed by atoms with Gasteiger partial charge >= 0.3 is 0 Å². The van der Waals surface area contributed by atoms with E-state index in [1.54, 1.807) is 0 Å². The van der Waals surface area contributed by atoms with Gasteiger partial charge in [0.1, 0.15) is 0 Å². The van der Waals surface area contributed by atoms with Crippen LogP contribution in [-0.2, 0) is 4.74 Å². The molecule has 0 bridgehead atoms. The van der Waals surface area contributed by atoms with Crippen LogP contribution in [0.15, 0.2) is 5.16 Å². The number of amidine groups is 1. The van der Waals surface area contributed by atoms with E-state index in [1.807, 2.05) is 0 Å². The summed E-state index contributed by atoms with van der Waals surface area (Å²) < 4.78 is 5.31. The number of nitrogens with two attached hydrogens (primary N) is 1. The lowest BCUT2D eigenvalue weighted by Crippen LogP contribution is -2.38. The number of hydrogen-bond acceptors (Lipinski definition) is 4. The highest BCUT2D eigenvalue weighted by molar-refractivity contribution is 5.81. The molecule has 1 heterocycles. The van der Waals surface area contributed by atoms with E-state index in [9.17, 15) is 0 Å². The molecule has 5 nitrogen and oxygen atoms in total. The normalized spacial score (nSPS) is 19.7. The molecule has 0 unspecified atom stereocenters. The molecule has 0 saturated carbocycles. The molecule has 88 valence electrons. The molecule has 0 aromatic heterocycles. The maximum atomic E-state index is 8.50. The highest BCUT2D eigenvalue weighted by atomic mass is 16.5. The summed E-state index contributed by atoms with van der Waals surface area (Å²) in [5.74, 6) is 0.967. The Morgan fingerprint density at radius 3 is 2.73 bits per heavy atom. The van der Waals surface area contributed by atoms with E-state index >= 15 is 0 Å². The quantitative estimate of drug-likeness (QED) is 0.303. The molecule has 0 spiro atoms. The molecule has 1 aliphatic heterocycles. The molecule has 0 amide bonds. The number of hydrogen-bond donors (Lipinski definition) is 2. The Morgan fingerprint density at radius 2 is 2.20 bits per heavy atom. The number of likely N-dealkylation sites (N-methyl/N-ethyl adjacent to an activating group) is 1. The Kier molecular flexibility index (Phi) is 5.42. The summed E-state index contributed by atoms with van der Waals surface area (Å²) in [5.41, 5.74) is 5.49. The average molecular weight is 215 g/mol. The molecule has 15 heavy (non-hydrogen) atoms. The fourth-order valence-corrected chi connectivity index (χ4v) is 1.86. The molecule has 1 fully saturated rings. The Labute approximate surface area is 90.9 Å². The van der Waals surface area contributed by atoms with Crippen molar-refractivity contribution >= 4 is 5.84 Å². The van der Waals surface area contributed by atoms with Crippen LogP contribution in [0.3, 0.4) is 0 Å². The minimum absolute atomic E-state index is 0.281. The number of ether oxygens (including phenoxy) is 1. The van der Waals surface area contributed by atoms with Gasteiger partial charge in [0.05, 0.1) is 6.54 Å². The van der Waals surface area contributed by atoms with Crippen LogP contribution in [0.1, 0.15) is 19.8 Å². The van der Waals surface area contributed by atoms with E-state index < -0.39 is 0 Å². The first-order chi connectivity index (χ1) is 7.26. The van der Waals surface area contributed by atoms with Gasteiger partial charge in [0.15, 0.2) is 5.84 Å². The lowest BCUT2D eigenvalue weighted by Gasteiger charge is -2.28. The van der Waals surface area contributed by atoms with Crippen LogP contribution in [-0.4, -0.2) is 48.8 Å². The van der Waals surface area contributed by atoms with Crippen LogP contribution in [0.2, 0.25) is 0 Å². The van der Waals surface area contributed by atoms with Gasteiger partial charge < -0.3 is 15.7 Å². The largest absolute Gasteiger partial charge is 0.409 e. The third-order valence-corrected chi connectivity index (χ3v) is 2.82. The highest BCUT2D eigenvalue weighted by Gasteiger charge is 2.17. The molecular formula is C10H21N3O2. The van der Waals surface area contributed by atoms with Gasteiger partial charge in [0.25, 0.3) is 0 Å². The minimum atomic E-state index is 0.281. The van der Waals surface area contributed by atoms with Crippen LogP contribution in [0.5, 0.6) is 0 Å². The first-order valence-corrected chi connectivity index (χ1v) is 5.52. The van der Waals surface area contributed by atoms with Crippen molar-refractivity contribution < 1.29 is 9.94 Å². The van der Waals surface area contributed by atoms with Gasteiger partial charge in [0, 0.05) is 19.8 Å². The third-order valence-electron chi connectivity index (χ3n) is 2.82. The van der Waals surface area contributed by atoms with E-state index in [4.69, 9.17) is 15.7 Å². The summed E-state index contributed by atoms with van der Waals surface area (Å²) in [4.78, 5) is 2.20. The van der Waals surface area contributed by atoms with Gasteiger partial charge in [-0.1, -0.05) is 12.1 Å². The second-order valence-electron chi connectivity index (χ2n) is 3.97. The second kappa shape index (κ2) is 6.63. The molecule has 1 aliphatic rings. The summed E-state index contributed by atoms with van der Waals surface area (Å²) in [7, 11) is 0.